The summed E-state index contributed by atoms with van der Waals surface area (Å²) in [5, 5.41) is 7.06. The zero-order valence-corrected chi connectivity index (χ0v) is 10.5. The van der Waals surface area contributed by atoms with E-state index in [1.54, 1.807) is 25.3 Å². The van der Waals surface area contributed by atoms with Gasteiger partial charge < -0.3 is 11.1 Å². The SMILES string of the molecule is Cc1nc(Cl)ccc1NC(=O)Cn1cc(N)cn1. The van der Waals surface area contributed by atoms with Crippen LogP contribution in [0.5, 0.6) is 0 Å². The Morgan fingerprint density at radius 2 is 2.33 bits per heavy atom. The second-order valence-corrected chi connectivity index (χ2v) is 4.17. The van der Waals surface area contributed by atoms with Crippen molar-refractivity contribution in [3.05, 3.63) is 35.4 Å². The largest absolute Gasteiger partial charge is 0.396 e. The van der Waals surface area contributed by atoms with Crippen molar-refractivity contribution in [3.8, 4) is 0 Å². The maximum absolute atomic E-state index is 11.8. The molecule has 94 valence electrons. The number of carbonyl (C=O) groups excluding carboxylic acids is 1. The number of nitrogens with one attached hydrogen (secondary N) is 1. The molecule has 2 rings (SSSR count). The normalized spacial score (nSPS) is 10.3. The Balaban J connectivity index is 2.03. The predicted octanol–water partition coefficient (Wildman–Crippen LogP) is 1.46. The number of aromatic nitrogens is 3. The monoisotopic (exact) mass is 265 g/mol. The van der Waals surface area contributed by atoms with Gasteiger partial charge in [0.25, 0.3) is 0 Å². The lowest BCUT2D eigenvalue weighted by atomic mass is 10.3. The predicted molar refractivity (Wildman–Crippen MR) is 69.3 cm³/mol. The highest BCUT2D eigenvalue weighted by Crippen LogP contribution is 2.15. The van der Waals surface area contributed by atoms with Crippen molar-refractivity contribution >= 4 is 28.9 Å². The molecule has 0 unspecified atom stereocenters. The highest BCUT2D eigenvalue weighted by atomic mass is 35.5. The molecule has 2 aromatic heterocycles. The van der Waals surface area contributed by atoms with Gasteiger partial charge in [0, 0.05) is 6.20 Å². The lowest BCUT2D eigenvalue weighted by Gasteiger charge is -2.07. The Kier molecular flexibility index (Phi) is 3.47. The third kappa shape index (κ3) is 2.98. The van der Waals surface area contributed by atoms with Gasteiger partial charge in [0.15, 0.2) is 0 Å². The van der Waals surface area contributed by atoms with Gasteiger partial charge in [-0.2, -0.15) is 5.10 Å². The smallest absolute Gasteiger partial charge is 0.246 e. The summed E-state index contributed by atoms with van der Waals surface area (Å²) in [7, 11) is 0. The first-order valence-electron chi connectivity index (χ1n) is 5.25. The summed E-state index contributed by atoms with van der Waals surface area (Å²) in [5.41, 5.74) is 7.32. The van der Waals surface area contributed by atoms with Crippen LogP contribution in [0.4, 0.5) is 11.4 Å². The lowest BCUT2D eigenvalue weighted by molar-refractivity contribution is -0.116. The number of anilines is 2. The summed E-state index contributed by atoms with van der Waals surface area (Å²) >= 11 is 5.73. The van der Waals surface area contributed by atoms with E-state index >= 15 is 0 Å². The number of nitrogens with two attached hydrogens (primary N) is 1. The van der Waals surface area contributed by atoms with E-state index in [1.807, 2.05) is 0 Å². The molecule has 6 nitrogen and oxygen atoms in total. The van der Waals surface area contributed by atoms with Crippen LogP contribution in [0.15, 0.2) is 24.5 Å². The summed E-state index contributed by atoms with van der Waals surface area (Å²) < 4.78 is 1.46. The molecule has 0 aliphatic heterocycles. The fourth-order valence-electron chi connectivity index (χ4n) is 1.47. The van der Waals surface area contributed by atoms with Gasteiger partial charge in [0.1, 0.15) is 11.7 Å². The number of halogens is 1. The van der Waals surface area contributed by atoms with Crippen molar-refractivity contribution in [2.75, 3.05) is 11.1 Å². The fourth-order valence-corrected chi connectivity index (χ4v) is 1.66. The van der Waals surface area contributed by atoms with E-state index in [2.05, 4.69) is 15.4 Å². The number of carbonyl (C=O) groups is 1. The number of rotatable bonds is 3. The molecule has 0 aromatic carbocycles. The Labute approximate surface area is 109 Å². The molecule has 2 aromatic rings. The number of hydrogen-bond acceptors (Lipinski definition) is 4. The molecule has 0 aliphatic rings. The van der Waals surface area contributed by atoms with Crippen molar-refractivity contribution in [2.24, 2.45) is 0 Å². The zero-order chi connectivity index (χ0) is 13.1. The van der Waals surface area contributed by atoms with Crippen LogP contribution in [0.25, 0.3) is 0 Å². The van der Waals surface area contributed by atoms with E-state index in [-0.39, 0.29) is 12.5 Å². The summed E-state index contributed by atoms with van der Waals surface area (Å²) in [5.74, 6) is -0.203. The van der Waals surface area contributed by atoms with E-state index in [0.29, 0.717) is 22.2 Å². The van der Waals surface area contributed by atoms with Gasteiger partial charge in [-0.15, -0.1) is 0 Å². The van der Waals surface area contributed by atoms with Crippen LogP contribution in [0.2, 0.25) is 5.15 Å². The van der Waals surface area contributed by atoms with Gasteiger partial charge in [-0.1, -0.05) is 11.6 Å². The van der Waals surface area contributed by atoms with Gasteiger partial charge >= 0.3 is 0 Å². The molecule has 3 N–H and O–H groups in total. The summed E-state index contributed by atoms with van der Waals surface area (Å²) in [6, 6.07) is 3.33. The van der Waals surface area contributed by atoms with Crippen LogP contribution < -0.4 is 11.1 Å². The highest BCUT2D eigenvalue weighted by molar-refractivity contribution is 6.29. The van der Waals surface area contributed by atoms with Crippen molar-refractivity contribution < 1.29 is 4.79 Å². The van der Waals surface area contributed by atoms with Gasteiger partial charge in [0.05, 0.1) is 23.3 Å². The Morgan fingerprint density at radius 3 is 2.94 bits per heavy atom. The van der Waals surface area contributed by atoms with Crippen molar-refractivity contribution in [3.63, 3.8) is 0 Å². The number of pyridine rings is 1. The number of aryl methyl sites for hydroxylation is 1. The molecule has 0 fully saturated rings. The Morgan fingerprint density at radius 1 is 1.56 bits per heavy atom. The Hall–Kier alpha value is -2.08. The molecule has 0 saturated carbocycles. The van der Waals surface area contributed by atoms with Crippen molar-refractivity contribution in [1.82, 2.24) is 14.8 Å². The molecule has 0 saturated heterocycles. The highest BCUT2D eigenvalue weighted by Gasteiger charge is 2.07. The van der Waals surface area contributed by atoms with Crippen LogP contribution in [0, 0.1) is 6.92 Å². The third-order valence-electron chi connectivity index (χ3n) is 2.28. The zero-order valence-electron chi connectivity index (χ0n) is 9.72. The minimum absolute atomic E-state index is 0.0965. The molecular weight excluding hydrogens is 254 g/mol. The number of nitrogens with zero attached hydrogens (tertiary/aromatic N) is 3. The first-order chi connectivity index (χ1) is 8.54. The summed E-state index contributed by atoms with van der Waals surface area (Å²) in [4.78, 5) is 15.8. The number of hydrogen-bond donors (Lipinski definition) is 2. The minimum Gasteiger partial charge on any atom is -0.396 e. The number of amides is 1. The Bertz CT molecular complexity index is 581. The minimum atomic E-state index is -0.203. The average Bonchev–Trinajstić information content (AvgIpc) is 2.68. The fraction of sp³-hybridized carbons (Fsp3) is 0.182. The maximum Gasteiger partial charge on any atom is 0.246 e. The van der Waals surface area contributed by atoms with Crippen LogP contribution in [-0.2, 0) is 11.3 Å². The molecule has 1 amide bonds. The van der Waals surface area contributed by atoms with Crippen LogP contribution in [0.1, 0.15) is 5.69 Å². The summed E-state index contributed by atoms with van der Waals surface area (Å²) in [6.07, 6.45) is 3.08. The van der Waals surface area contributed by atoms with Gasteiger partial charge in [-0.25, -0.2) is 4.98 Å². The molecule has 0 radical (unpaired) electrons. The van der Waals surface area contributed by atoms with Crippen LogP contribution in [0.3, 0.4) is 0 Å². The van der Waals surface area contributed by atoms with E-state index in [4.69, 9.17) is 17.3 Å². The third-order valence-corrected chi connectivity index (χ3v) is 2.50. The molecular formula is C11H12ClN5O. The second-order valence-electron chi connectivity index (χ2n) is 3.79. The van der Waals surface area contributed by atoms with E-state index < -0.39 is 0 Å². The standard InChI is InChI=1S/C11H12ClN5O/c1-7-9(2-3-10(12)15-7)16-11(18)6-17-5-8(13)4-14-17/h2-5H,6,13H2,1H3,(H,16,18). The van der Waals surface area contributed by atoms with Crippen molar-refractivity contribution in [1.29, 1.82) is 0 Å². The molecule has 0 bridgehead atoms. The number of nitrogen functional groups attached to an aromatic ring is 1. The van der Waals surface area contributed by atoms with Crippen molar-refractivity contribution in [2.45, 2.75) is 13.5 Å². The van der Waals surface area contributed by atoms with Gasteiger partial charge in [-0.3, -0.25) is 9.48 Å². The van der Waals surface area contributed by atoms with Gasteiger partial charge in [0.2, 0.25) is 5.91 Å². The second kappa shape index (κ2) is 5.05. The lowest BCUT2D eigenvalue weighted by Crippen LogP contribution is -2.19. The van der Waals surface area contributed by atoms with E-state index in [0.717, 1.165) is 0 Å². The topological polar surface area (TPSA) is 85.8 Å². The molecule has 18 heavy (non-hydrogen) atoms. The molecule has 0 spiro atoms. The first-order valence-corrected chi connectivity index (χ1v) is 5.63. The molecule has 7 heteroatoms. The average molecular weight is 266 g/mol. The first kappa shape index (κ1) is 12.4. The quantitative estimate of drug-likeness (QED) is 0.823. The maximum atomic E-state index is 11.8. The van der Waals surface area contributed by atoms with E-state index in [9.17, 15) is 4.79 Å². The van der Waals surface area contributed by atoms with Gasteiger partial charge in [-0.05, 0) is 19.1 Å². The molecule has 0 aliphatic carbocycles. The van der Waals surface area contributed by atoms with Crippen LogP contribution in [-0.4, -0.2) is 20.7 Å². The molecule has 2 heterocycles. The molecule has 0 atom stereocenters. The van der Waals surface area contributed by atoms with E-state index in [1.165, 1.54) is 10.9 Å². The summed E-state index contributed by atoms with van der Waals surface area (Å²) in [6.45, 7) is 1.87. The van der Waals surface area contributed by atoms with Crippen LogP contribution >= 0.6 is 11.6 Å².